The van der Waals surface area contributed by atoms with E-state index in [4.69, 9.17) is 0 Å². The minimum absolute atomic E-state index is 0. The SMILES string of the molecule is [CH2-]C(=O)c1cc(C)c(N=CC)cc1C.[CH2-]CCc1ccccc1C.[Li+]. The minimum Gasteiger partial charge on any atom is -0.343 e. The molecule has 2 nitrogen and oxygen atoms in total. The summed E-state index contributed by atoms with van der Waals surface area (Å²) in [5.41, 5.74) is 6.33. The van der Waals surface area contributed by atoms with Gasteiger partial charge in [0.25, 0.3) is 0 Å². The molecule has 25 heavy (non-hydrogen) atoms. The summed E-state index contributed by atoms with van der Waals surface area (Å²) in [6.07, 6.45) is 3.84. The summed E-state index contributed by atoms with van der Waals surface area (Å²) in [6.45, 7) is 15.1. The molecule has 0 bridgehead atoms. The number of Topliss-reactive ketones (excluding diaryl/α,β-unsaturated/α-hetero) is 1. The molecule has 0 aromatic heterocycles. The Kier molecular flexibility index (Phi) is 10.9. The second-order valence-electron chi connectivity index (χ2n) is 5.79. The van der Waals surface area contributed by atoms with Crippen LogP contribution < -0.4 is 18.9 Å². The maximum Gasteiger partial charge on any atom is 1.00 e. The second-order valence-corrected chi connectivity index (χ2v) is 5.79. The molecule has 2 aromatic rings. The Bertz CT molecular complexity index is 720. The number of nitrogens with zero attached hydrogens (tertiary/aromatic N) is 1. The van der Waals surface area contributed by atoms with Gasteiger partial charge in [-0.25, -0.2) is 0 Å². The molecule has 0 amide bonds. The Labute approximate surface area is 164 Å². The molecule has 3 heteroatoms. The van der Waals surface area contributed by atoms with Crippen molar-refractivity contribution in [2.75, 3.05) is 0 Å². The first-order valence-electron chi connectivity index (χ1n) is 8.20. The standard InChI is InChI=1S/C12H14NO.C10H13.Li/c1-5-13-12-7-8(2)11(10(4)14)6-9(12)3;1-3-6-10-8-5-4-7-9(10)2;/h5-7H,4H2,1-3H3;4-5,7-8H,1,3,6H2,2H3;/q2*-1;+1. The van der Waals surface area contributed by atoms with E-state index >= 15 is 0 Å². The average molecular weight is 328 g/mol. The number of hydrogen-bond donors (Lipinski definition) is 0. The second kappa shape index (κ2) is 11.7. The van der Waals surface area contributed by atoms with E-state index in [-0.39, 0.29) is 24.6 Å². The van der Waals surface area contributed by atoms with Crippen LogP contribution in [0.5, 0.6) is 0 Å². The van der Waals surface area contributed by atoms with Crippen molar-refractivity contribution in [2.24, 2.45) is 4.99 Å². The first kappa shape index (κ1) is 23.2. The zero-order valence-corrected chi connectivity index (χ0v) is 16.2. The van der Waals surface area contributed by atoms with Crippen LogP contribution in [-0.2, 0) is 6.42 Å². The molecule has 2 rings (SSSR count). The topological polar surface area (TPSA) is 29.4 Å². The van der Waals surface area contributed by atoms with Gasteiger partial charge in [0.15, 0.2) is 0 Å². The predicted octanol–water partition coefficient (Wildman–Crippen LogP) is 2.81. The van der Waals surface area contributed by atoms with E-state index in [1.54, 1.807) is 6.21 Å². The van der Waals surface area contributed by atoms with Crippen molar-refractivity contribution in [3.05, 3.63) is 78.1 Å². The Morgan fingerprint density at radius 3 is 2.24 bits per heavy atom. The first-order chi connectivity index (χ1) is 11.4. The third-order valence-electron chi connectivity index (χ3n) is 3.82. The van der Waals surface area contributed by atoms with Gasteiger partial charge in [0.05, 0.1) is 5.69 Å². The zero-order valence-electron chi connectivity index (χ0n) is 16.2. The summed E-state index contributed by atoms with van der Waals surface area (Å²) in [7, 11) is 0. The van der Waals surface area contributed by atoms with Gasteiger partial charge in [-0.3, -0.25) is 4.99 Å². The van der Waals surface area contributed by atoms with Crippen LogP contribution in [0.3, 0.4) is 0 Å². The van der Waals surface area contributed by atoms with Gasteiger partial charge in [0.2, 0.25) is 0 Å². The van der Waals surface area contributed by atoms with Gasteiger partial charge in [0.1, 0.15) is 0 Å². The van der Waals surface area contributed by atoms with Gasteiger partial charge in [-0.05, 0) is 37.5 Å². The molecule has 0 radical (unpaired) electrons. The Morgan fingerprint density at radius 1 is 1.08 bits per heavy atom. The van der Waals surface area contributed by atoms with Crippen LogP contribution >= 0.6 is 0 Å². The van der Waals surface area contributed by atoms with E-state index in [1.165, 1.54) is 11.1 Å². The third kappa shape index (κ3) is 7.34. The van der Waals surface area contributed by atoms with Gasteiger partial charge >= 0.3 is 18.9 Å². The molecule has 0 saturated carbocycles. The van der Waals surface area contributed by atoms with Gasteiger partial charge in [0, 0.05) is 12.0 Å². The minimum atomic E-state index is -0.141. The fourth-order valence-corrected chi connectivity index (χ4v) is 2.46. The van der Waals surface area contributed by atoms with E-state index < -0.39 is 0 Å². The summed E-state index contributed by atoms with van der Waals surface area (Å²) < 4.78 is 0. The molecule has 2 aromatic carbocycles. The molecule has 0 fully saturated rings. The molecule has 0 aliphatic heterocycles. The van der Waals surface area contributed by atoms with Crippen molar-refractivity contribution in [2.45, 2.75) is 40.5 Å². The van der Waals surface area contributed by atoms with Gasteiger partial charge in [-0.1, -0.05) is 43.7 Å². The molecular formula is C22H27LiNO-. The predicted molar refractivity (Wildman–Crippen MR) is 104 cm³/mol. The molecule has 0 aliphatic rings. The summed E-state index contributed by atoms with van der Waals surface area (Å²) >= 11 is 0. The van der Waals surface area contributed by atoms with Gasteiger partial charge in [-0.2, -0.15) is 13.3 Å². The molecular weight excluding hydrogens is 301 g/mol. The zero-order chi connectivity index (χ0) is 18.1. The number of carbonyl (C=O) groups excluding carboxylic acids is 1. The Morgan fingerprint density at radius 2 is 1.72 bits per heavy atom. The van der Waals surface area contributed by atoms with Crippen molar-refractivity contribution < 1.29 is 23.7 Å². The molecule has 0 unspecified atom stereocenters. The number of aryl methyl sites for hydroxylation is 4. The molecule has 0 aliphatic carbocycles. The average Bonchev–Trinajstić information content (AvgIpc) is 2.54. The number of rotatable bonds is 4. The number of hydrogen-bond acceptors (Lipinski definition) is 2. The van der Waals surface area contributed by atoms with Crippen molar-refractivity contribution in [3.63, 3.8) is 0 Å². The maximum absolute atomic E-state index is 11.1. The van der Waals surface area contributed by atoms with Crippen LogP contribution in [0.4, 0.5) is 5.69 Å². The number of ketones is 1. The third-order valence-corrected chi connectivity index (χ3v) is 3.82. The fourth-order valence-electron chi connectivity index (χ4n) is 2.46. The van der Waals surface area contributed by atoms with Crippen molar-refractivity contribution >= 4 is 17.7 Å². The van der Waals surface area contributed by atoms with Crippen LogP contribution in [0.15, 0.2) is 41.4 Å². The molecule has 0 heterocycles. The van der Waals surface area contributed by atoms with E-state index in [0.29, 0.717) is 5.56 Å². The molecule has 0 saturated heterocycles. The van der Waals surface area contributed by atoms with Crippen LogP contribution in [0.1, 0.15) is 46.0 Å². The molecule has 0 spiro atoms. The Balaban J connectivity index is 0.000000465. The number of benzene rings is 2. The normalized spacial score (nSPS) is 9.96. The van der Waals surface area contributed by atoms with E-state index in [0.717, 1.165) is 29.7 Å². The van der Waals surface area contributed by atoms with Crippen molar-refractivity contribution in [1.29, 1.82) is 0 Å². The van der Waals surface area contributed by atoms with E-state index in [9.17, 15) is 4.79 Å². The fraction of sp³-hybridized carbons (Fsp3) is 0.273. The first-order valence-corrected chi connectivity index (χ1v) is 8.20. The summed E-state index contributed by atoms with van der Waals surface area (Å²) in [5.74, 6) is -0.141. The maximum atomic E-state index is 11.1. The van der Waals surface area contributed by atoms with Crippen molar-refractivity contribution in [1.82, 2.24) is 0 Å². The van der Waals surface area contributed by atoms with Crippen molar-refractivity contribution in [3.8, 4) is 0 Å². The quantitative estimate of drug-likeness (QED) is 0.367. The van der Waals surface area contributed by atoms with E-state index in [2.05, 4.69) is 50.0 Å². The summed E-state index contributed by atoms with van der Waals surface area (Å²) in [6, 6.07) is 12.2. The summed E-state index contributed by atoms with van der Waals surface area (Å²) in [4.78, 5) is 15.3. The molecule has 0 atom stereocenters. The monoisotopic (exact) mass is 328 g/mol. The van der Waals surface area contributed by atoms with Crippen LogP contribution in [0.25, 0.3) is 0 Å². The van der Waals surface area contributed by atoms with Gasteiger partial charge in [-0.15, -0.1) is 17.2 Å². The number of carbonyl (C=O) groups is 1. The molecule has 128 valence electrons. The molecule has 0 N–H and O–H groups in total. The van der Waals surface area contributed by atoms with Crippen LogP contribution in [0.2, 0.25) is 0 Å². The van der Waals surface area contributed by atoms with Crippen LogP contribution in [0, 0.1) is 34.6 Å². The van der Waals surface area contributed by atoms with Crippen LogP contribution in [-0.4, -0.2) is 12.0 Å². The summed E-state index contributed by atoms with van der Waals surface area (Å²) in [5, 5.41) is 0. The van der Waals surface area contributed by atoms with Gasteiger partial charge < -0.3 is 11.7 Å². The van der Waals surface area contributed by atoms with E-state index in [1.807, 2.05) is 32.9 Å². The smallest absolute Gasteiger partial charge is 0.343 e. The largest absolute Gasteiger partial charge is 1.00 e. The Hall–Kier alpha value is -1.75. The number of aliphatic imine (C=N–C) groups is 1.